The Labute approximate surface area is 190 Å². The number of carbonyl (C=O) groups is 1. The van der Waals surface area contributed by atoms with Crippen molar-refractivity contribution in [1.29, 1.82) is 0 Å². The molecule has 32 heavy (non-hydrogen) atoms. The van der Waals surface area contributed by atoms with Gasteiger partial charge in [0.25, 0.3) is 0 Å². The second-order valence-corrected chi connectivity index (χ2v) is 10.2. The molecular formula is C23H32N2O6S. The number of hydrogen-bond donors (Lipinski definition) is 1. The largest absolute Gasteiger partial charge is 0.497 e. The van der Waals surface area contributed by atoms with Crippen LogP contribution in [0.15, 0.2) is 42.5 Å². The molecule has 0 saturated carbocycles. The van der Waals surface area contributed by atoms with Gasteiger partial charge in [-0.1, -0.05) is 32.9 Å². The number of nitrogens with one attached hydrogen (secondary N) is 1. The molecule has 0 aliphatic carbocycles. The van der Waals surface area contributed by atoms with Crippen LogP contribution in [0, 0.1) is 0 Å². The molecule has 2 aromatic rings. The van der Waals surface area contributed by atoms with Crippen molar-refractivity contribution in [3.05, 3.63) is 48.0 Å². The summed E-state index contributed by atoms with van der Waals surface area (Å²) in [5, 5.41) is 2.68. The van der Waals surface area contributed by atoms with Crippen molar-refractivity contribution in [2.45, 2.75) is 26.2 Å². The number of ether oxygens (including phenoxy) is 3. The second-order valence-electron chi connectivity index (χ2n) is 8.28. The number of amides is 1. The molecule has 0 unspecified atom stereocenters. The van der Waals surface area contributed by atoms with Gasteiger partial charge in [0.1, 0.15) is 30.4 Å². The highest BCUT2D eigenvalue weighted by Gasteiger charge is 2.24. The molecule has 1 N–H and O–H groups in total. The van der Waals surface area contributed by atoms with Crippen molar-refractivity contribution in [2.75, 3.05) is 44.5 Å². The van der Waals surface area contributed by atoms with E-state index in [1.165, 1.54) is 25.8 Å². The first-order valence-corrected chi connectivity index (χ1v) is 12.0. The molecule has 0 aliphatic heterocycles. The lowest BCUT2D eigenvalue weighted by atomic mass is 9.87. The summed E-state index contributed by atoms with van der Waals surface area (Å²) in [7, 11) is -0.855. The van der Waals surface area contributed by atoms with Crippen LogP contribution in [0.5, 0.6) is 17.2 Å². The Balaban J connectivity index is 1.98. The lowest BCUT2D eigenvalue weighted by molar-refractivity contribution is -0.119. The highest BCUT2D eigenvalue weighted by atomic mass is 32.2. The van der Waals surface area contributed by atoms with Crippen LogP contribution in [0.2, 0.25) is 0 Å². The van der Waals surface area contributed by atoms with Gasteiger partial charge in [-0.05, 0) is 35.2 Å². The molecule has 2 rings (SSSR count). The number of anilines is 1. The predicted octanol–water partition coefficient (Wildman–Crippen LogP) is 2.96. The summed E-state index contributed by atoms with van der Waals surface area (Å²) in [6.07, 6.45) is 1.03. The third kappa shape index (κ3) is 7.05. The van der Waals surface area contributed by atoms with Crippen molar-refractivity contribution in [3.63, 3.8) is 0 Å². The fraction of sp³-hybridized carbons (Fsp3) is 0.435. The average Bonchev–Trinajstić information content (AvgIpc) is 2.73. The van der Waals surface area contributed by atoms with Crippen LogP contribution < -0.4 is 23.8 Å². The van der Waals surface area contributed by atoms with Crippen LogP contribution in [0.4, 0.5) is 5.69 Å². The molecule has 0 saturated heterocycles. The highest BCUT2D eigenvalue weighted by Crippen LogP contribution is 2.33. The average molecular weight is 465 g/mol. The minimum Gasteiger partial charge on any atom is -0.497 e. The number of nitrogens with zero attached hydrogens (tertiary/aromatic N) is 1. The first kappa shape index (κ1) is 25.3. The summed E-state index contributed by atoms with van der Waals surface area (Å²) in [6.45, 7) is 6.50. The maximum Gasteiger partial charge on any atom is 0.240 e. The van der Waals surface area contributed by atoms with Gasteiger partial charge in [0.2, 0.25) is 15.9 Å². The van der Waals surface area contributed by atoms with E-state index < -0.39 is 22.5 Å². The van der Waals surface area contributed by atoms with Crippen LogP contribution in [-0.4, -0.2) is 54.5 Å². The van der Waals surface area contributed by atoms with Gasteiger partial charge in [-0.15, -0.1) is 0 Å². The minimum absolute atomic E-state index is 0.0590. The van der Waals surface area contributed by atoms with Crippen LogP contribution in [-0.2, 0) is 20.2 Å². The molecule has 8 nitrogen and oxygen atoms in total. The van der Waals surface area contributed by atoms with Gasteiger partial charge >= 0.3 is 0 Å². The van der Waals surface area contributed by atoms with Gasteiger partial charge in [-0.2, -0.15) is 0 Å². The van der Waals surface area contributed by atoms with E-state index in [0.717, 1.165) is 10.6 Å². The Kier molecular flexibility index (Phi) is 8.38. The standard InChI is InChI=1S/C23H32N2O6S/c1-23(2,3)17-7-9-18(10-8-17)31-14-13-24-22(26)16-25(32(6,27)28)20-15-19(29-4)11-12-21(20)30-5/h7-12,15H,13-14,16H2,1-6H3,(H,24,26). The van der Waals surface area contributed by atoms with E-state index in [-0.39, 0.29) is 24.3 Å². The number of methoxy groups -OCH3 is 2. The van der Waals surface area contributed by atoms with Gasteiger partial charge in [0.15, 0.2) is 0 Å². The molecule has 0 radical (unpaired) electrons. The smallest absolute Gasteiger partial charge is 0.240 e. The normalized spacial score (nSPS) is 11.6. The number of benzene rings is 2. The third-order valence-electron chi connectivity index (χ3n) is 4.76. The van der Waals surface area contributed by atoms with Gasteiger partial charge in [0.05, 0.1) is 32.7 Å². The fourth-order valence-corrected chi connectivity index (χ4v) is 3.82. The van der Waals surface area contributed by atoms with Gasteiger partial charge in [-0.3, -0.25) is 9.10 Å². The number of hydrogen-bond acceptors (Lipinski definition) is 6. The van der Waals surface area contributed by atoms with Crippen molar-refractivity contribution in [2.24, 2.45) is 0 Å². The van der Waals surface area contributed by atoms with Crippen LogP contribution in [0.25, 0.3) is 0 Å². The van der Waals surface area contributed by atoms with Crippen LogP contribution in [0.1, 0.15) is 26.3 Å². The van der Waals surface area contributed by atoms with E-state index >= 15 is 0 Å². The Morgan fingerprint density at radius 1 is 1.00 bits per heavy atom. The van der Waals surface area contributed by atoms with E-state index in [0.29, 0.717) is 17.2 Å². The molecule has 0 fully saturated rings. The molecule has 2 aromatic carbocycles. The molecule has 0 heterocycles. The summed E-state index contributed by atoms with van der Waals surface area (Å²) < 4.78 is 41.8. The Morgan fingerprint density at radius 2 is 1.62 bits per heavy atom. The third-order valence-corrected chi connectivity index (χ3v) is 5.88. The van der Waals surface area contributed by atoms with Gasteiger partial charge < -0.3 is 19.5 Å². The zero-order valence-electron chi connectivity index (χ0n) is 19.5. The summed E-state index contributed by atoms with van der Waals surface area (Å²) in [5.74, 6) is 0.991. The van der Waals surface area contributed by atoms with E-state index in [1.54, 1.807) is 12.1 Å². The van der Waals surface area contributed by atoms with E-state index in [4.69, 9.17) is 14.2 Å². The molecule has 1 amide bonds. The summed E-state index contributed by atoms with van der Waals surface area (Å²) in [4.78, 5) is 12.4. The van der Waals surface area contributed by atoms with E-state index in [9.17, 15) is 13.2 Å². The lowest BCUT2D eigenvalue weighted by Gasteiger charge is -2.24. The summed E-state index contributed by atoms with van der Waals surface area (Å²) in [6, 6.07) is 12.6. The fourth-order valence-electron chi connectivity index (χ4n) is 2.97. The van der Waals surface area contributed by atoms with Crippen molar-refractivity contribution < 1.29 is 27.4 Å². The highest BCUT2D eigenvalue weighted by molar-refractivity contribution is 7.92. The van der Waals surface area contributed by atoms with Crippen LogP contribution >= 0.6 is 0 Å². The molecule has 0 spiro atoms. The summed E-state index contributed by atoms with van der Waals surface area (Å²) in [5.41, 5.74) is 1.48. The molecule has 0 aromatic heterocycles. The Bertz CT molecular complexity index is 1010. The minimum atomic E-state index is -3.75. The molecule has 0 bridgehead atoms. The Hall–Kier alpha value is -2.94. The van der Waals surface area contributed by atoms with Crippen molar-refractivity contribution >= 4 is 21.6 Å². The second kappa shape index (κ2) is 10.6. The first-order valence-electron chi connectivity index (χ1n) is 10.2. The zero-order valence-corrected chi connectivity index (χ0v) is 20.3. The molecule has 9 heteroatoms. The van der Waals surface area contributed by atoms with Crippen molar-refractivity contribution in [3.8, 4) is 17.2 Å². The monoisotopic (exact) mass is 464 g/mol. The quantitative estimate of drug-likeness (QED) is 0.544. The molecular weight excluding hydrogens is 432 g/mol. The number of sulfonamides is 1. The van der Waals surface area contributed by atoms with Crippen molar-refractivity contribution in [1.82, 2.24) is 5.32 Å². The topological polar surface area (TPSA) is 94.2 Å². The van der Waals surface area contributed by atoms with E-state index in [2.05, 4.69) is 26.1 Å². The SMILES string of the molecule is COc1ccc(OC)c(N(CC(=O)NCCOc2ccc(C(C)(C)C)cc2)S(C)(=O)=O)c1. The summed E-state index contributed by atoms with van der Waals surface area (Å²) >= 11 is 0. The van der Waals surface area contributed by atoms with Gasteiger partial charge in [0, 0.05) is 6.07 Å². The zero-order chi connectivity index (χ0) is 23.9. The predicted molar refractivity (Wildman–Crippen MR) is 125 cm³/mol. The number of carbonyl (C=O) groups excluding carboxylic acids is 1. The maximum atomic E-state index is 12.4. The van der Waals surface area contributed by atoms with Gasteiger partial charge in [-0.25, -0.2) is 8.42 Å². The lowest BCUT2D eigenvalue weighted by Crippen LogP contribution is -2.41. The first-order chi connectivity index (χ1) is 15.0. The Morgan fingerprint density at radius 3 is 2.16 bits per heavy atom. The van der Waals surface area contributed by atoms with E-state index in [1.807, 2.05) is 24.3 Å². The van der Waals surface area contributed by atoms with Crippen LogP contribution in [0.3, 0.4) is 0 Å². The molecule has 176 valence electrons. The maximum absolute atomic E-state index is 12.4. The molecule has 0 atom stereocenters. The number of rotatable bonds is 10. The molecule has 0 aliphatic rings.